The van der Waals surface area contributed by atoms with Crippen molar-refractivity contribution in [2.24, 2.45) is 0 Å². The van der Waals surface area contributed by atoms with Crippen LogP contribution < -0.4 is 20.7 Å². The van der Waals surface area contributed by atoms with Gasteiger partial charge in [0.25, 0.3) is 11.8 Å². The predicted octanol–water partition coefficient (Wildman–Crippen LogP) is 0.433. The molecule has 1 aliphatic rings. The van der Waals surface area contributed by atoms with Gasteiger partial charge in [0, 0.05) is 11.6 Å². The fourth-order valence-electron chi connectivity index (χ4n) is 1.71. The van der Waals surface area contributed by atoms with Gasteiger partial charge in [0.1, 0.15) is 11.3 Å². The molecule has 8 heteroatoms. The highest BCUT2D eigenvalue weighted by molar-refractivity contribution is 6.30. The third kappa shape index (κ3) is 3.85. The number of ether oxygens (including phenoxy) is 1. The first-order valence-electron chi connectivity index (χ1n) is 6.18. The molecule has 1 fully saturated rings. The summed E-state index contributed by atoms with van der Waals surface area (Å²) in [5.74, 6) is -0.376. The topological polar surface area (TPSA) is 96.5 Å². The van der Waals surface area contributed by atoms with Gasteiger partial charge in [0.05, 0.1) is 0 Å². The number of carbonyl (C=O) groups excluding carboxylic acids is 3. The van der Waals surface area contributed by atoms with Crippen molar-refractivity contribution in [2.45, 2.75) is 12.5 Å². The fourth-order valence-corrected chi connectivity index (χ4v) is 1.84. The Balaban J connectivity index is 1.79. The smallest absolute Gasteiger partial charge is 0.322 e. The molecule has 0 radical (unpaired) electrons. The lowest BCUT2D eigenvalue weighted by atomic mass is 10.0. The Hall–Kier alpha value is -2.28. The molecule has 0 bridgehead atoms. The van der Waals surface area contributed by atoms with Crippen LogP contribution >= 0.6 is 11.6 Å². The van der Waals surface area contributed by atoms with E-state index in [9.17, 15) is 14.4 Å². The van der Waals surface area contributed by atoms with Gasteiger partial charge >= 0.3 is 6.03 Å². The van der Waals surface area contributed by atoms with Crippen LogP contribution in [0.25, 0.3) is 0 Å². The number of amides is 4. The van der Waals surface area contributed by atoms with E-state index >= 15 is 0 Å². The minimum absolute atomic E-state index is 0.0205. The van der Waals surface area contributed by atoms with Gasteiger partial charge in [-0.15, -0.1) is 0 Å². The Morgan fingerprint density at radius 1 is 1.33 bits per heavy atom. The van der Waals surface area contributed by atoms with Gasteiger partial charge in [-0.1, -0.05) is 11.6 Å². The summed E-state index contributed by atoms with van der Waals surface area (Å²) in [7, 11) is 0. The number of halogens is 1. The monoisotopic (exact) mass is 311 g/mol. The second kappa shape index (κ2) is 6.01. The molecule has 4 amide bonds. The van der Waals surface area contributed by atoms with Crippen molar-refractivity contribution in [3.8, 4) is 5.75 Å². The molecule has 3 N–H and O–H groups in total. The Morgan fingerprint density at radius 2 is 2.00 bits per heavy atom. The Morgan fingerprint density at radius 3 is 2.57 bits per heavy atom. The molecule has 1 saturated heterocycles. The van der Waals surface area contributed by atoms with Gasteiger partial charge in [-0.25, -0.2) is 4.79 Å². The van der Waals surface area contributed by atoms with Gasteiger partial charge in [0.2, 0.25) is 0 Å². The molecule has 1 atom stereocenters. The van der Waals surface area contributed by atoms with Gasteiger partial charge in [0.15, 0.2) is 6.61 Å². The van der Waals surface area contributed by atoms with Crippen LogP contribution in [0.3, 0.4) is 0 Å². The van der Waals surface area contributed by atoms with Crippen LogP contribution in [0.1, 0.15) is 6.92 Å². The lowest BCUT2D eigenvalue weighted by Crippen LogP contribution is -2.53. The third-order valence-corrected chi connectivity index (χ3v) is 3.19. The number of carbonyl (C=O) groups is 3. The van der Waals surface area contributed by atoms with E-state index in [2.05, 4.69) is 16.0 Å². The van der Waals surface area contributed by atoms with Crippen molar-refractivity contribution in [2.75, 3.05) is 13.2 Å². The maximum absolute atomic E-state index is 11.7. The number of urea groups is 1. The van der Waals surface area contributed by atoms with Crippen LogP contribution in [-0.2, 0) is 9.59 Å². The van der Waals surface area contributed by atoms with Crippen LogP contribution in [0.2, 0.25) is 5.02 Å². The number of imide groups is 1. The summed E-state index contributed by atoms with van der Waals surface area (Å²) in [6.45, 7) is 1.30. The molecule has 0 saturated carbocycles. The maximum atomic E-state index is 11.7. The quantitative estimate of drug-likeness (QED) is 0.687. The molecule has 1 aromatic rings. The second-order valence-corrected chi connectivity index (χ2v) is 5.20. The molecule has 112 valence electrons. The zero-order valence-electron chi connectivity index (χ0n) is 11.2. The molecule has 1 heterocycles. The molecule has 1 unspecified atom stereocenters. The van der Waals surface area contributed by atoms with E-state index in [1.165, 1.54) is 6.92 Å². The van der Waals surface area contributed by atoms with Gasteiger partial charge in [-0.3, -0.25) is 14.9 Å². The molecule has 0 aromatic heterocycles. The second-order valence-electron chi connectivity index (χ2n) is 4.76. The Bertz CT molecular complexity index is 575. The number of hydrogen-bond donors (Lipinski definition) is 3. The lowest BCUT2D eigenvalue weighted by Gasteiger charge is -2.20. The summed E-state index contributed by atoms with van der Waals surface area (Å²) >= 11 is 5.73. The van der Waals surface area contributed by atoms with E-state index in [0.717, 1.165) is 0 Å². The van der Waals surface area contributed by atoms with Crippen molar-refractivity contribution >= 4 is 29.4 Å². The van der Waals surface area contributed by atoms with Crippen molar-refractivity contribution in [1.29, 1.82) is 0 Å². The van der Waals surface area contributed by atoms with Crippen molar-refractivity contribution < 1.29 is 19.1 Å². The number of benzene rings is 1. The van der Waals surface area contributed by atoms with Crippen LogP contribution in [0, 0.1) is 0 Å². The zero-order chi connectivity index (χ0) is 15.5. The van der Waals surface area contributed by atoms with E-state index in [0.29, 0.717) is 10.8 Å². The normalized spacial score (nSPS) is 20.7. The predicted molar refractivity (Wildman–Crippen MR) is 75.0 cm³/mol. The highest BCUT2D eigenvalue weighted by Crippen LogP contribution is 2.15. The summed E-state index contributed by atoms with van der Waals surface area (Å²) in [4.78, 5) is 34.3. The Kier molecular flexibility index (Phi) is 4.32. The van der Waals surface area contributed by atoms with Crippen molar-refractivity contribution in [1.82, 2.24) is 16.0 Å². The van der Waals surface area contributed by atoms with Gasteiger partial charge < -0.3 is 15.4 Å². The highest BCUT2D eigenvalue weighted by atomic mass is 35.5. The molecule has 7 nitrogen and oxygen atoms in total. The van der Waals surface area contributed by atoms with E-state index in [1.807, 2.05) is 0 Å². The summed E-state index contributed by atoms with van der Waals surface area (Å²) in [5, 5.41) is 7.66. The SMILES string of the molecule is CC1(CNC(=O)COc2ccc(Cl)cc2)NC(=O)NC1=O. The minimum Gasteiger partial charge on any atom is -0.484 e. The van der Waals surface area contributed by atoms with Crippen LogP contribution in [0.5, 0.6) is 5.75 Å². The first kappa shape index (κ1) is 15.1. The van der Waals surface area contributed by atoms with Crippen LogP contribution in [0.15, 0.2) is 24.3 Å². The first-order valence-corrected chi connectivity index (χ1v) is 6.55. The van der Waals surface area contributed by atoms with Crippen LogP contribution in [-0.4, -0.2) is 36.5 Å². The molecular weight excluding hydrogens is 298 g/mol. The minimum atomic E-state index is -1.15. The molecule has 21 heavy (non-hydrogen) atoms. The maximum Gasteiger partial charge on any atom is 0.322 e. The summed E-state index contributed by atoms with van der Waals surface area (Å²) in [5.41, 5.74) is -1.15. The molecular formula is C13H14ClN3O4. The van der Waals surface area contributed by atoms with Crippen molar-refractivity contribution in [3.63, 3.8) is 0 Å². The van der Waals surface area contributed by atoms with E-state index in [1.54, 1.807) is 24.3 Å². The fraction of sp³-hybridized carbons (Fsp3) is 0.308. The third-order valence-electron chi connectivity index (χ3n) is 2.94. The largest absolute Gasteiger partial charge is 0.484 e. The molecule has 1 aliphatic heterocycles. The summed E-state index contributed by atoms with van der Waals surface area (Å²) in [6, 6.07) is 6.00. The van der Waals surface area contributed by atoms with Gasteiger partial charge in [-0.05, 0) is 31.2 Å². The highest BCUT2D eigenvalue weighted by Gasteiger charge is 2.41. The Labute approximate surface area is 126 Å². The first-order chi connectivity index (χ1) is 9.89. The summed E-state index contributed by atoms with van der Waals surface area (Å²) in [6.07, 6.45) is 0. The summed E-state index contributed by atoms with van der Waals surface area (Å²) < 4.78 is 5.26. The van der Waals surface area contributed by atoms with Crippen LogP contribution in [0.4, 0.5) is 4.79 Å². The average Bonchev–Trinajstić information content (AvgIpc) is 2.69. The van der Waals surface area contributed by atoms with Gasteiger partial charge in [-0.2, -0.15) is 0 Å². The standard InChI is InChI=1S/C13H14ClN3O4/c1-13(11(19)16-12(20)17-13)7-15-10(18)6-21-9-4-2-8(14)3-5-9/h2-5H,6-7H2,1H3,(H,15,18)(H2,16,17,19,20). The molecule has 0 spiro atoms. The van der Waals surface area contributed by atoms with E-state index in [-0.39, 0.29) is 13.2 Å². The van der Waals surface area contributed by atoms with Crippen molar-refractivity contribution in [3.05, 3.63) is 29.3 Å². The molecule has 2 rings (SSSR count). The zero-order valence-corrected chi connectivity index (χ0v) is 12.0. The number of hydrogen-bond acceptors (Lipinski definition) is 4. The number of nitrogens with one attached hydrogen (secondary N) is 3. The average molecular weight is 312 g/mol. The lowest BCUT2D eigenvalue weighted by molar-refractivity contribution is -0.125. The molecule has 0 aliphatic carbocycles. The van der Waals surface area contributed by atoms with E-state index < -0.39 is 23.4 Å². The van der Waals surface area contributed by atoms with E-state index in [4.69, 9.17) is 16.3 Å². The number of rotatable bonds is 5. The molecule has 1 aromatic carbocycles.